The molecular formula is C29H38N4O4. The molecule has 1 saturated heterocycles. The molecule has 1 atom stereocenters. The van der Waals surface area contributed by atoms with E-state index in [9.17, 15) is 9.59 Å². The van der Waals surface area contributed by atoms with E-state index in [0.29, 0.717) is 17.1 Å². The maximum atomic E-state index is 12.6. The van der Waals surface area contributed by atoms with Crippen molar-refractivity contribution in [2.24, 2.45) is 5.92 Å². The smallest absolute Gasteiger partial charge is 0.256 e. The van der Waals surface area contributed by atoms with Crippen molar-refractivity contribution in [2.45, 2.75) is 32.2 Å². The Kier molecular flexibility index (Phi) is 8.38. The minimum Gasteiger partial charge on any atom is -0.493 e. The van der Waals surface area contributed by atoms with E-state index in [4.69, 9.17) is 9.47 Å². The average molecular weight is 507 g/mol. The summed E-state index contributed by atoms with van der Waals surface area (Å²) in [5.41, 5.74) is 4.43. The molecule has 2 N–H and O–H groups in total. The number of anilines is 2. The number of benzene rings is 2. The summed E-state index contributed by atoms with van der Waals surface area (Å²) in [7, 11) is 6.84. The zero-order valence-corrected chi connectivity index (χ0v) is 22.5. The van der Waals surface area contributed by atoms with Gasteiger partial charge in [0.1, 0.15) is 0 Å². The van der Waals surface area contributed by atoms with E-state index >= 15 is 0 Å². The van der Waals surface area contributed by atoms with Gasteiger partial charge in [-0.25, -0.2) is 0 Å². The van der Waals surface area contributed by atoms with Crippen molar-refractivity contribution in [1.29, 1.82) is 0 Å². The van der Waals surface area contributed by atoms with Crippen molar-refractivity contribution in [2.75, 3.05) is 58.6 Å². The maximum absolute atomic E-state index is 12.6. The Bertz CT molecular complexity index is 1150. The van der Waals surface area contributed by atoms with E-state index in [1.54, 1.807) is 25.2 Å². The van der Waals surface area contributed by atoms with Gasteiger partial charge in [0.05, 0.1) is 19.9 Å². The highest BCUT2D eigenvalue weighted by molar-refractivity contribution is 6.31. The molecule has 8 heteroatoms. The lowest BCUT2D eigenvalue weighted by Gasteiger charge is -2.32. The molecule has 2 aromatic rings. The number of carbonyl (C=O) groups is 2. The summed E-state index contributed by atoms with van der Waals surface area (Å²) < 4.78 is 10.8. The van der Waals surface area contributed by atoms with Gasteiger partial charge in [-0.15, -0.1) is 0 Å². The number of ether oxygens (including phenoxy) is 2. The Labute approximate surface area is 219 Å². The number of methoxy groups -OCH3 is 2. The Morgan fingerprint density at radius 2 is 1.78 bits per heavy atom. The molecule has 2 aliphatic rings. The molecule has 2 heterocycles. The molecule has 0 aromatic heterocycles. The first-order valence-electron chi connectivity index (χ1n) is 12.9. The third-order valence-corrected chi connectivity index (χ3v) is 7.17. The number of hydrogen-bond acceptors (Lipinski definition) is 6. The average Bonchev–Trinajstić information content (AvgIpc) is 3.20. The summed E-state index contributed by atoms with van der Waals surface area (Å²) in [6.07, 6.45) is 4.80. The van der Waals surface area contributed by atoms with Crippen LogP contribution in [0.3, 0.4) is 0 Å². The Morgan fingerprint density at radius 3 is 2.41 bits per heavy atom. The van der Waals surface area contributed by atoms with Crippen molar-refractivity contribution < 1.29 is 19.1 Å². The van der Waals surface area contributed by atoms with E-state index in [-0.39, 0.29) is 23.8 Å². The molecule has 1 unspecified atom stereocenters. The molecule has 8 nitrogen and oxygen atoms in total. The van der Waals surface area contributed by atoms with Crippen LogP contribution >= 0.6 is 0 Å². The minimum atomic E-state index is -0.135. The molecule has 0 aliphatic carbocycles. The topological polar surface area (TPSA) is 83.1 Å². The molecule has 2 aliphatic heterocycles. The number of rotatable bonds is 9. The molecule has 2 aromatic carbocycles. The first-order chi connectivity index (χ1) is 17.8. The molecule has 0 saturated carbocycles. The molecule has 198 valence electrons. The zero-order valence-electron chi connectivity index (χ0n) is 22.5. The summed E-state index contributed by atoms with van der Waals surface area (Å²) in [5, 5.41) is 6.38. The first kappa shape index (κ1) is 26.5. The maximum Gasteiger partial charge on any atom is 0.256 e. The standard InChI is InChI=1S/C29H38N4O4/c1-19(16-24-23-17-26(36-4)27(37-5)18-25(23)31-28(24)34)30-22-8-6-20(7-9-22)10-13-33-14-11-21(12-15-33)29(35)32(2)3/h6-9,16-19,21,30H,10-15H2,1-5H3,(H,31,34). The van der Waals surface area contributed by atoms with Crippen molar-refractivity contribution in [3.8, 4) is 11.5 Å². The lowest BCUT2D eigenvalue weighted by atomic mass is 9.95. The van der Waals surface area contributed by atoms with E-state index in [0.717, 1.165) is 55.8 Å². The molecule has 0 spiro atoms. The van der Waals surface area contributed by atoms with Crippen LogP contribution in [0, 0.1) is 5.92 Å². The van der Waals surface area contributed by atoms with Crippen LogP contribution in [0.25, 0.3) is 5.57 Å². The fourth-order valence-electron chi connectivity index (χ4n) is 5.06. The van der Waals surface area contributed by atoms with E-state index < -0.39 is 0 Å². The number of carbonyl (C=O) groups excluding carboxylic acids is 2. The summed E-state index contributed by atoms with van der Waals surface area (Å²) in [4.78, 5) is 29.0. The van der Waals surface area contributed by atoms with Crippen molar-refractivity contribution in [3.63, 3.8) is 0 Å². The number of amides is 2. The lowest BCUT2D eigenvalue weighted by Crippen LogP contribution is -2.40. The quantitative estimate of drug-likeness (QED) is 0.503. The van der Waals surface area contributed by atoms with Crippen LogP contribution in [0.4, 0.5) is 11.4 Å². The monoisotopic (exact) mass is 506 g/mol. The second-order valence-electron chi connectivity index (χ2n) is 10.0. The molecule has 1 fully saturated rings. The molecular weight excluding hydrogens is 468 g/mol. The molecule has 4 rings (SSSR count). The van der Waals surface area contributed by atoms with Gasteiger partial charge in [-0.3, -0.25) is 9.59 Å². The predicted molar refractivity (Wildman–Crippen MR) is 147 cm³/mol. The van der Waals surface area contributed by atoms with Gasteiger partial charge in [-0.1, -0.05) is 12.1 Å². The van der Waals surface area contributed by atoms with Crippen LogP contribution in [0.1, 0.15) is 30.9 Å². The summed E-state index contributed by atoms with van der Waals surface area (Å²) in [6, 6.07) is 12.0. The third-order valence-electron chi connectivity index (χ3n) is 7.17. The van der Waals surface area contributed by atoms with Gasteiger partial charge >= 0.3 is 0 Å². The minimum absolute atomic E-state index is 0.0585. The van der Waals surface area contributed by atoms with Gasteiger partial charge in [0.15, 0.2) is 11.5 Å². The normalized spacial score (nSPS) is 17.8. The van der Waals surface area contributed by atoms with Crippen LogP contribution in [-0.4, -0.2) is 75.6 Å². The Hall–Kier alpha value is -3.52. The molecule has 37 heavy (non-hydrogen) atoms. The van der Waals surface area contributed by atoms with Crippen LogP contribution in [0.15, 0.2) is 42.5 Å². The van der Waals surface area contributed by atoms with Crippen LogP contribution in [0.2, 0.25) is 0 Å². The van der Waals surface area contributed by atoms with Crippen LogP contribution < -0.4 is 20.1 Å². The second-order valence-corrected chi connectivity index (χ2v) is 10.0. The highest BCUT2D eigenvalue weighted by Crippen LogP contribution is 2.40. The Balaban J connectivity index is 1.31. The van der Waals surface area contributed by atoms with Gasteiger partial charge in [0, 0.05) is 55.5 Å². The van der Waals surface area contributed by atoms with Gasteiger partial charge in [-0.05, 0) is 69.1 Å². The third kappa shape index (κ3) is 6.25. The van der Waals surface area contributed by atoms with E-state index in [1.807, 2.05) is 33.2 Å². The van der Waals surface area contributed by atoms with Gasteiger partial charge < -0.3 is 29.9 Å². The van der Waals surface area contributed by atoms with Crippen LogP contribution in [0.5, 0.6) is 11.5 Å². The van der Waals surface area contributed by atoms with Crippen molar-refractivity contribution in [3.05, 3.63) is 53.6 Å². The van der Waals surface area contributed by atoms with E-state index in [2.05, 4.69) is 39.8 Å². The molecule has 2 amide bonds. The first-order valence-corrected chi connectivity index (χ1v) is 12.9. The van der Waals surface area contributed by atoms with Gasteiger partial charge in [0.25, 0.3) is 5.91 Å². The Morgan fingerprint density at radius 1 is 1.14 bits per heavy atom. The fraction of sp³-hybridized carbons (Fsp3) is 0.448. The fourth-order valence-corrected chi connectivity index (χ4v) is 5.06. The molecule has 0 radical (unpaired) electrons. The number of nitrogens with zero attached hydrogens (tertiary/aromatic N) is 2. The van der Waals surface area contributed by atoms with Crippen molar-refractivity contribution >= 4 is 28.8 Å². The van der Waals surface area contributed by atoms with Gasteiger partial charge in [0.2, 0.25) is 5.91 Å². The second kappa shape index (κ2) is 11.7. The molecule has 0 bridgehead atoms. The SMILES string of the molecule is COc1cc2c(cc1OC)C(=CC(C)Nc1ccc(CCN3CCC(C(=O)N(C)C)CC3)cc1)C(=O)N2. The highest BCUT2D eigenvalue weighted by Gasteiger charge is 2.27. The highest BCUT2D eigenvalue weighted by atomic mass is 16.5. The summed E-state index contributed by atoms with van der Waals surface area (Å²) in [5.74, 6) is 1.46. The summed E-state index contributed by atoms with van der Waals surface area (Å²) >= 11 is 0. The predicted octanol–water partition coefficient (Wildman–Crippen LogP) is 3.88. The lowest BCUT2D eigenvalue weighted by molar-refractivity contribution is -0.134. The van der Waals surface area contributed by atoms with E-state index in [1.165, 1.54) is 5.56 Å². The summed E-state index contributed by atoms with van der Waals surface area (Å²) in [6.45, 7) is 4.98. The number of nitrogens with one attached hydrogen (secondary N) is 2. The zero-order chi connectivity index (χ0) is 26.5. The van der Waals surface area contributed by atoms with Crippen molar-refractivity contribution in [1.82, 2.24) is 9.80 Å². The number of hydrogen-bond donors (Lipinski definition) is 2. The number of fused-ring (bicyclic) bond motifs is 1. The number of likely N-dealkylation sites (tertiary alicyclic amines) is 1. The number of piperidine rings is 1. The largest absolute Gasteiger partial charge is 0.493 e. The van der Waals surface area contributed by atoms with Crippen LogP contribution in [-0.2, 0) is 16.0 Å². The van der Waals surface area contributed by atoms with Gasteiger partial charge in [-0.2, -0.15) is 0 Å².